The van der Waals surface area contributed by atoms with Crippen LogP contribution in [0.3, 0.4) is 0 Å². The van der Waals surface area contributed by atoms with E-state index in [4.69, 9.17) is 4.52 Å². The van der Waals surface area contributed by atoms with E-state index in [0.29, 0.717) is 5.75 Å². The molecule has 0 radical (unpaired) electrons. The van der Waals surface area contributed by atoms with Crippen LogP contribution in [-0.2, 0) is 12.8 Å². The fourth-order valence-electron chi connectivity index (χ4n) is 4.31. The van der Waals surface area contributed by atoms with Crippen molar-refractivity contribution in [2.75, 3.05) is 0 Å². The smallest absolute Gasteiger partial charge is 0.141 e. The second-order valence-electron chi connectivity index (χ2n) is 7.80. The zero-order valence-electron chi connectivity index (χ0n) is 16.7. The molecule has 0 fully saturated rings. The summed E-state index contributed by atoms with van der Waals surface area (Å²) in [6, 6.07) is 28.7. The van der Waals surface area contributed by atoms with E-state index in [1.165, 1.54) is 16.7 Å². The molecule has 3 nitrogen and oxygen atoms in total. The van der Waals surface area contributed by atoms with Gasteiger partial charge in [0.2, 0.25) is 0 Å². The van der Waals surface area contributed by atoms with Crippen molar-refractivity contribution in [1.29, 1.82) is 0 Å². The summed E-state index contributed by atoms with van der Waals surface area (Å²) in [4.78, 5) is 0. The third-order valence-corrected chi connectivity index (χ3v) is 5.78. The Hall–Kier alpha value is -3.59. The summed E-state index contributed by atoms with van der Waals surface area (Å²) >= 11 is 0. The molecule has 0 unspecified atom stereocenters. The normalized spacial score (nSPS) is 13.2. The van der Waals surface area contributed by atoms with Gasteiger partial charge in [0, 0.05) is 18.1 Å². The van der Waals surface area contributed by atoms with Crippen molar-refractivity contribution in [1.82, 2.24) is 5.16 Å². The molecule has 0 spiro atoms. The minimum absolute atomic E-state index is 0.0444. The van der Waals surface area contributed by atoms with E-state index >= 15 is 0 Å². The molecule has 5 rings (SSSR count). The van der Waals surface area contributed by atoms with Crippen LogP contribution in [0, 0.1) is 0 Å². The molecule has 3 aromatic carbocycles. The van der Waals surface area contributed by atoms with Crippen molar-refractivity contribution < 1.29 is 9.63 Å². The van der Waals surface area contributed by atoms with Crippen molar-refractivity contribution in [3.8, 4) is 5.75 Å². The molecule has 3 heteroatoms. The summed E-state index contributed by atoms with van der Waals surface area (Å²) in [6.45, 7) is 0. The standard InChI is InChI=1S/C27H23NO2/c29-26-13-7-12-22-16-19(14-15-24(22)26)17-23-18-25(28-30-23)27(20-8-3-1-4-9-20)21-10-5-2-6-11-21/h1-13,16,18,27,29H,14-15,17H2. The number of benzene rings is 3. The number of phenols is 1. The lowest BCUT2D eigenvalue weighted by atomic mass is 9.87. The number of rotatable bonds is 5. The van der Waals surface area contributed by atoms with Gasteiger partial charge in [-0.2, -0.15) is 0 Å². The number of aromatic nitrogens is 1. The Kier molecular flexibility index (Phi) is 4.94. The maximum Gasteiger partial charge on any atom is 0.141 e. The number of fused-ring (bicyclic) bond motifs is 1. The van der Waals surface area contributed by atoms with Gasteiger partial charge in [-0.25, -0.2) is 0 Å². The third kappa shape index (κ3) is 3.67. The lowest BCUT2D eigenvalue weighted by molar-refractivity contribution is 0.381. The quantitative estimate of drug-likeness (QED) is 0.443. The lowest BCUT2D eigenvalue weighted by Crippen LogP contribution is -2.03. The van der Waals surface area contributed by atoms with E-state index in [1.807, 2.05) is 18.2 Å². The number of hydrogen-bond acceptors (Lipinski definition) is 3. The van der Waals surface area contributed by atoms with Crippen molar-refractivity contribution >= 4 is 6.08 Å². The molecule has 0 amide bonds. The van der Waals surface area contributed by atoms with Gasteiger partial charge in [-0.3, -0.25) is 0 Å². The highest BCUT2D eigenvalue weighted by atomic mass is 16.5. The van der Waals surface area contributed by atoms with Crippen LogP contribution in [0.4, 0.5) is 0 Å². The molecule has 0 atom stereocenters. The van der Waals surface area contributed by atoms with E-state index in [0.717, 1.165) is 41.8 Å². The second kappa shape index (κ2) is 8.03. The highest BCUT2D eigenvalue weighted by Crippen LogP contribution is 2.34. The van der Waals surface area contributed by atoms with Gasteiger partial charge in [0.15, 0.2) is 0 Å². The fraction of sp³-hybridized carbons (Fsp3) is 0.148. The van der Waals surface area contributed by atoms with Crippen LogP contribution in [-0.4, -0.2) is 10.3 Å². The van der Waals surface area contributed by atoms with E-state index in [-0.39, 0.29) is 5.92 Å². The minimum atomic E-state index is 0.0444. The van der Waals surface area contributed by atoms with Crippen LogP contribution in [0.25, 0.3) is 6.08 Å². The predicted octanol–water partition coefficient (Wildman–Crippen LogP) is 6.13. The van der Waals surface area contributed by atoms with Crippen LogP contribution < -0.4 is 0 Å². The first-order valence-corrected chi connectivity index (χ1v) is 10.3. The van der Waals surface area contributed by atoms with Crippen molar-refractivity contribution in [3.05, 3.63) is 124 Å². The first-order chi connectivity index (χ1) is 14.8. The molecule has 4 aromatic rings. The Morgan fingerprint density at radius 3 is 2.23 bits per heavy atom. The first kappa shape index (κ1) is 18.4. The van der Waals surface area contributed by atoms with Gasteiger partial charge in [-0.15, -0.1) is 0 Å². The summed E-state index contributed by atoms with van der Waals surface area (Å²) in [5.41, 5.74) is 6.76. The second-order valence-corrected chi connectivity index (χ2v) is 7.80. The van der Waals surface area contributed by atoms with Crippen LogP contribution in [0.5, 0.6) is 5.75 Å². The van der Waals surface area contributed by atoms with E-state index in [9.17, 15) is 5.11 Å². The Balaban J connectivity index is 1.44. The Bertz CT molecular complexity index is 1140. The van der Waals surface area contributed by atoms with Gasteiger partial charge >= 0.3 is 0 Å². The summed E-state index contributed by atoms with van der Waals surface area (Å²) in [6.07, 6.45) is 4.68. The maximum absolute atomic E-state index is 10.1. The Morgan fingerprint density at radius 2 is 1.53 bits per heavy atom. The number of phenolic OH excluding ortho intramolecular Hbond substituents is 1. The molecule has 0 bridgehead atoms. The number of nitrogens with zero attached hydrogens (tertiary/aromatic N) is 1. The topological polar surface area (TPSA) is 46.3 Å². The van der Waals surface area contributed by atoms with Crippen molar-refractivity contribution in [2.45, 2.75) is 25.2 Å². The zero-order chi connectivity index (χ0) is 20.3. The molecule has 1 aliphatic carbocycles. The number of hydrogen-bond donors (Lipinski definition) is 1. The average Bonchev–Trinajstić information content (AvgIpc) is 3.23. The molecule has 0 saturated heterocycles. The molecule has 1 heterocycles. The van der Waals surface area contributed by atoms with E-state index in [2.05, 4.69) is 71.9 Å². The Morgan fingerprint density at radius 1 is 0.833 bits per heavy atom. The fourth-order valence-corrected chi connectivity index (χ4v) is 4.31. The van der Waals surface area contributed by atoms with Crippen LogP contribution >= 0.6 is 0 Å². The highest BCUT2D eigenvalue weighted by Gasteiger charge is 2.21. The van der Waals surface area contributed by atoms with Gasteiger partial charge in [0.05, 0.1) is 11.6 Å². The van der Waals surface area contributed by atoms with Crippen LogP contribution in [0.1, 0.15) is 46.0 Å². The van der Waals surface area contributed by atoms with Crippen LogP contribution in [0.2, 0.25) is 0 Å². The Labute approximate surface area is 176 Å². The average molecular weight is 393 g/mol. The van der Waals surface area contributed by atoms with Gasteiger partial charge < -0.3 is 9.63 Å². The van der Waals surface area contributed by atoms with Crippen molar-refractivity contribution in [3.63, 3.8) is 0 Å². The number of allylic oxidation sites excluding steroid dienone is 1. The SMILES string of the molecule is Oc1cccc2c1CCC(Cc1cc(C(c3ccccc3)c3ccccc3)no1)=C2. The predicted molar refractivity (Wildman–Crippen MR) is 118 cm³/mol. The monoisotopic (exact) mass is 393 g/mol. The molecule has 148 valence electrons. The first-order valence-electron chi connectivity index (χ1n) is 10.3. The molecular weight excluding hydrogens is 370 g/mol. The molecule has 1 N–H and O–H groups in total. The maximum atomic E-state index is 10.1. The van der Waals surface area contributed by atoms with Gasteiger partial charge in [0.1, 0.15) is 11.5 Å². The number of aromatic hydroxyl groups is 1. The van der Waals surface area contributed by atoms with Gasteiger partial charge in [-0.1, -0.05) is 89.6 Å². The molecule has 30 heavy (non-hydrogen) atoms. The molecule has 0 aliphatic heterocycles. The minimum Gasteiger partial charge on any atom is -0.508 e. The van der Waals surface area contributed by atoms with Crippen LogP contribution in [0.15, 0.2) is 95.0 Å². The largest absolute Gasteiger partial charge is 0.508 e. The molecule has 1 aromatic heterocycles. The summed E-state index contributed by atoms with van der Waals surface area (Å²) < 4.78 is 5.76. The molecule has 1 aliphatic rings. The van der Waals surface area contributed by atoms with E-state index in [1.54, 1.807) is 6.07 Å². The molecule has 0 saturated carbocycles. The van der Waals surface area contributed by atoms with Gasteiger partial charge in [-0.05, 0) is 35.6 Å². The van der Waals surface area contributed by atoms with Gasteiger partial charge in [0.25, 0.3) is 0 Å². The van der Waals surface area contributed by atoms with E-state index < -0.39 is 0 Å². The highest BCUT2D eigenvalue weighted by molar-refractivity contribution is 5.63. The zero-order valence-corrected chi connectivity index (χ0v) is 16.7. The lowest BCUT2D eigenvalue weighted by Gasteiger charge is -2.16. The third-order valence-electron chi connectivity index (χ3n) is 5.78. The summed E-state index contributed by atoms with van der Waals surface area (Å²) in [5.74, 6) is 1.30. The van der Waals surface area contributed by atoms with Crippen molar-refractivity contribution in [2.24, 2.45) is 0 Å². The summed E-state index contributed by atoms with van der Waals surface area (Å²) in [7, 11) is 0. The molecular formula is C27H23NO2. The summed E-state index contributed by atoms with van der Waals surface area (Å²) in [5, 5.41) is 14.5.